The van der Waals surface area contributed by atoms with Gasteiger partial charge in [0, 0.05) is 22.7 Å². The number of benzene rings is 2. The first kappa shape index (κ1) is 17.6. The highest BCUT2D eigenvalue weighted by Crippen LogP contribution is 2.26. The van der Waals surface area contributed by atoms with Gasteiger partial charge in [0.15, 0.2) is 0 Å². The Hall–Kier alpha value is -3.76. The Bertz CT molecular complexity index is 1280. The number of nitrogens with one attached hydrogen (secondary N) is 1. The molecule has 0 bridgehead atoms. The molecular formula is C21H12FN3O2S. The SMILES string of the molecule is N#C/C(=C/Nc1ccc(F)cc1)c1nc(-c2cc3ccccc3oc2=O)cs1. The van der Waals surface area contributed by atoms with Crippen LogP contribution in [0, 0.1) is 17.1 Å². The van der Waals surface area contributed by atoms with Gasteiger partial charge in [-0.2, -0.15) is 5.26 Å². The molecule has 0 aliphatic rings. The van der Waals surface area contributed by atoms with Gasteiger partial charge in [0.25, 0.3) is 0 Å². The van der Waals surface area contributed by atoms with Crippen molar-refractivity contribution in [2.24, 2.45) is 0 Å². The summed E-state index contributed by atoms with van der Waals surface area (Å²) in [5.74, 6) is -0.339. The van der Waals surface area contributed by atoms with Gasteiger partial charge in [-0.1, -0.05) is 18.2 Å². The first-order chi connectivity index (χ1) is 13.6. The summed E-state index contributed by atoms with van der Waals surface area (Å²) >= 11 is 1.25. The molecule has 0 saturated heterocycles. The fourth-order valence-electron chi connectivity index (χ4n) is 2.61. The molecule has 5 nitrogen and oxygen atoms in total. The first-order valence-electron chi connectivity index (χ1n) is 8.25. The predicted molar refractivity (Wildman–Crippen MR) is 107 cm³/mol. The third-order valence-corrected chi connectivity index (χ3v) is 4.88. The molecule has 0 aliphatic carbocycles. The average Bonchev–Trinajstić information content (AvgIpc) is 3.19. The molecule has 0 spiro atoms. The third-order valence-electron chi connectivity index (χ3n) is 4.00. The van der Waals surface area contributed by atoms with E-state index in [0.29, 0.717) is 33.1 Å². The molecule has 2 heterocycles. The van der Waals surface area contributed by atoms with Crippen molar-refractivity contribution >= 4 is 33.6 Å². The smallest absolute Gasteiger partial charge is 0.345 e. The number of thiazole rings is 1. The molecule has 2 aromatic carbocycles. The first-order valence-corrected chi connectivity index (χ1v) is 9.13. The number of nitrogens with zero attached hydrogens (tertiary/aromatic N) is 2. The van der Waals surface area contributed by atoms with Crippen LogP contribution in [0.25, 0.3) is 27.8 Å². The number of nitriles is 1. The van der Waals surface area contributed by atoms with Gasteiger partial charge >= 0.3 is 5.63 Å². The van der Waals surface area contributed by atoms with E-state index in [9.17, 15) is 14.4 Å². The number of hydrogen-bond donors (Lipinski definition) is 1. The van der Waals surface area contributed by atoms with Crippen LogP contribution in [0.3, 0.4) is 0 Å². The van der Waals surface area contributed by atoms with E-state index in [-0.39, 0.29) is 5.82 Å². The van der Waals surface area contributed by atoms with Crippen molar-refractivity contribution < 1.29 is 8.81 Å². The minimum absolute atomic E-state index is 0.297. The lowest BCUT2D eigenvalue weighted by Crippen LogP contribution is -2.02. The summed E-state index contributed by atoms with van der Waals surface area (Å²) in [5.41, 5.74) is 1.74. The fourth-order valence-corrected chi connectivity index (χ4v) is 3.39. The molecule has 136 valence electrons. The number of halogens is 1. The Balaban J connectivity index is 1.65. The van der Waals surface area contributed by atoms with Crippen LogP contribution in [-0.4, -0.2) is 4.98 Å². The van der Waals surface area contributed by atoms with Crippen molar-refractivity contribution in [3.63, 3.8) is 0 Å². The summed E-state index contributed by atoms with van der Waals surface area (Å²) < 4.78 is 18.3. The molecule has 7 heteroatoms. The van der Waals surface area contributed by atoms with Crippen molar-refractivity contribution in [3.8, 4) is 17.3 Å². The molecule has 1 N–H and O–H groups in total. The number of fused-ring (bicyclic) bond motifs is 1. The van der Waals surface area contributed by atoms with Gasteiger partial charge in [-0.15, -0.1) is 11.3 Å². The Morgan fingerprint density at radius 1 is 1.21 bits per heavy atom. The van der Waals surface area contributed by atoms with Crippen molar-refractivity contribution in [2.45, 2.75) is 0 Å². The molecule has 0 unspecified atom stereocenters. The maximum atomic E-state index is 13.0. The van der Waals surface area contributed by atoms with Gasteiger partial charge < -0.3 is 9.73 Å². The normalized spacial score (nSPS) is 11.4. The standard InChI is InChI=1S/C21H12FN3O2S/c22-15-5-7-16(8-6-15)24-11-14(10-23)20-25-18(12-28-20)17-9-13-3-1-2-4-19(13)27-21(17)26/h1-9,11-12,24H/b14-11-. The zero-order valence-corrected chi connectivity index (χ0v) is 15.2. The summed E-state index contributed by atoms with van der Waals surface area (Å²) in [6.07, 6.45) is 1.50. The van der Waals surface area contributed by atoms with Crippen molar-refractivity contribution in [2.75, 3.05) is 5.32 Å². The topological polar surface area (TPSA) is 78.9 Å². The van der Waals surface area contributed by atoms with Crippen LogP contribution in [0.1, 0.15) is 5.01 Å². The molecule has 0 amide bonds. The number of anilines is 1. The second-order valence-electron chi connectivity index (χ2n) is 5.84. The molecular weight excluding hydrogens is 377 g/mol. The summed E-state index contributed by atoms with van der Waals surface area (Å²) in [4.78, 5) is 16.7. The number of hydrogen-bond acceptors (Lipinski definition) is 6. The lowest BCUT2D eigenvalue weighted by molar-refractivity contribution is 0.563. The monoisotopic (exact) mass is 389 g/mol. The Morgan fingerprint density at radius 2 is 2.00 bits per heavy atom. The van der Waals surface area contributed by atoms with Gasteiger partial charge in [0.05, 0.1) is 11.3 Å². The van der Waals surface area contributed by atoms with Crippen LogP contribution >= 0.6 is 11.3 Å². The molecule has 0 atom stereocenters. The van der Waals surface area contributed by atoms with Gasteiger partial charge in [-0.25, -0.2) is 14.2 Å². The van der Waals surface area contributed by atoms with E-state index in [4.69, 9.17) is 4.42 Å². The van der Waals surface area contributed by atoms with Crippen LogP contribution in [0.2, 0.25) is 0 Å². The quantitative estimate of drug-likeness (QED) is 0.391. The van der Waals surface area contributed by atoms with Crippen LogP contribution in [0.5, 0.6) is 0 Å². The van der Waals surface area contributed by atoms with Crippen molar-refractivity contribution in [3.05, 3.63) is 87.4 Å². The van der Waals surface area contributed by atoms with Gasteiger partial charge in [-0.05, 0) is 36.4 Å². The van der Waals surface area contributed by atoms with Crippen molar-refractivity contribution in [1.29, 1.82) is 5.26 Å². The predicted octanol–water partition coefficient (Wildman–Crippen LogP) is 5.03. The number of rotatable bonds is 4. The molecule has 28 heavy (non-hydrogen) atoms. The maximum Gasteiger partial charge on any atom is 0.345 e. The van der Waals surface area contributed by atoms with Gasteiger partial charge in [0.1, 0.15) is 28.1 Å². The highest BCUT2D eigenvalue weighted by atomic mass is 32.1. The number of para-hydroxylation sites is 1. The molecule has 4 aromatic rings. The summed E-state index contributed by atoms with van der Waals surface area (Å²) in [5, 5.41) is 15.3. The maximum absolute atomic E-state index is 13.0. The van der Waals surface area contributed by atoms with Gasteiger partial charge in [-0.3, -0.25) is 0 Å². The van der Waals surface area contributed by atoms with Gasteiger partial charge in [0.2, 0.25) is 0 Å². The lowest BCUT2D eigenvalue weighted by Gasteiger charge is -2.01. The highest BCUT2D eigenvalue weighted by molar-refractivity contribution is 7.11. The van der Waals surface area contributed by atoms with E-state index >= 15 is 0 Å². The summed E-state index contributed by atoms with van der Waals surface area (Å²) in [7, 11) is 0. The van der Waals surface area contributed by atoms with Crippen LogP contribution in [-0.2, 0) is 0 Å². The van der Waals surface area contributed by atoms with E-state index < -0.39 is 5.63 Å². The van der Waals surface area contributed by atoms with E-state index in [1.807, 2.05) is 12.1 Å². The Labute approximate surface area is 163 Å². The van der Waals surface area contributed by atoms with Crippen LogP contribution in [0.4, 0.5) is 10.1 Å². The number of aromatic nitrogens is 1. The van der Waals surface area contributed by atoms with E-state index in [1.54, 1.807) is 35.7 Å². The largest absolute Gasteiger partial charge is 0.422 e. The Morgan fingerprint density at radius 3 is 2.79 bits per heavy atom. The molecule has 0 aliphatic heterocycles. The molecule has 4 rings (SSSR count). The molecule has 0 fully saturated rings. The number of allylic oxidation sites excluding steroid dienone is 1. The zero-order chi connectivity index (χ0) is 19.5. The second-order valence-corrected chi connectivity index (χ2v) is 6.70. The van der Waals surface area contributed by atoms with Crippen LogP contribution < -0.4 is 10.9 Å². The summed E-state index contributed by atoms with van der Waals surface area (Å²) in [6, 6.07) is 16.8. The second kappa shape index (κ2) is 7.47. The average molecular weight is 389 g/mol. The summed E-state index contributed by atoms with van der Waals surface area (Å²) in [6.45, 7) is 0. The fraction of sp³-hybridized carbons (Fsp3) is 0. The third kappa shape index (κ3) is 3.54. The molecule has 0 saturated carbocycles. The van der Waals surface area contributed by atoms with E-state index in [0.717, 1.165) is 5.39 Å². The molecule has 2 aromatic heterocycles. The minimum atomic E-state index is -0.484. The van der Waals surface area contributed by atoms with Crippen LogP contribution in [0.15, 0.2) is 75.4 Å². The lowest BCUT2D eigenvalue weighted by atomic mass is 10.1. The highest BCUT2D eigenvalue weighted by Gasteiger charge is 2.13. The van der Waals surface area contributed by atoms with E-state index in [2.05, 4.69) is 16.4 Å². The minimum Gasteiger partial charge on any atom is -0.422 e. The van der Waals surface area contributed by atoms with Crippen molar-refractivity contribution in [1.82, 2.24) is 4.98 Å². The Kier molecular flexibility index (Phi) is 4.70. The zero-order valence-electron chi connectivity index (χ0n) is 14.3. The molecule has 0 radical (unpaired) electrons. The van der Waals surface area contributed by atoms with E-state index in [1.165, 1.54) is 29.7 Å².